The van der Waals surface area contributed by atoms with Crippen LogP contribution >= 0.6 is 0 Å². The van der Waals surface area contributed by atoms with E-state index in [0.29, 0.717) is 23.5 Å². The lowest BCUT2D eigenvalue weighted by atomic mass is 10.0. The van der Waals surface area contributed by atoms with E-state index in [1.807, 2.05) is 0 Å². The molecule has 0 radical (unpaired) electrons. The lowest BCUT2D eigenvalue weighted by Crippen LogP contribution is -2.55. The minimum atomic E-state index is -1.10. The highest BCUT2D eigenvalue weighted by Crippen LogP contribution is 2.29. The number of hydrogen-bond donors (Lipinski definition) is 3. The van der Waals surface area contributed by atoms with Crippen LogP contribution in [0.5, 0.6) is 11.5 Å². The van der Waals surface area contributed by atoms with E-state index >= 15 is 0 Å². The summed E-state index contributed by atoms with van der Waals surface area (Å²) in [4.78, 5) is 77.1. The lowest BCUT2D eigenvalue weighted by molar-refractivity contribution is -0.154. The van der Waals surface area contributed by atoms with Crippen molar-refractivity contribution >= 4 is 41.7 Å². The van der Waals surface area contributed by atoms with E-state index in [9.17, 15) is 28.8 Å². The van der Waals surface area contributed by atoms with E-state index < -0.39 is 48.3 Å². The average molecular weight is 798 g/mol. The maximum absolute atomic E-state index is 13.5. The van der Waals surface area contributed by atoms with Gasteiger partial charge in [-0.3, -0.25) is 24.0 Å². The van der Waals surface area contributed by atoms with Crippen LogP contribution in [0.25, 0.3) is 6.08 Å². The second-order valence-electron chi connectivity index (χ2n) is 15.6. The van der Waals surface area contributed by atoms with Gasteiger partial charge in [0, 0.05) is 18.9 Å². The van der Waals surface area contributed by atoms with Gasteiger partial charge in [-0.15, -0.1) is 0 Å². The van der Waals surface area contributed by atoms with E-state index in [4.69, 9.17) is 18.9 Å². The molecule has 3 rings (SSSR count). The Kier molecular flexibility index (Phi) is 21.8. The largest absolute Gasteiger partial charge is 0.493 e. The number of hydrogen-bond acceptors (Lipinski definition) is 10. The highest BCUT2D eigenvalue weighted by atomic mass is 16.6. The molecule has 13 heteroatoms. The van der Waals surface area contributed by atoms with E-state index in [-0.39, 0.29) is 36.9 Å². The molecule has 0 bridgehead atoms. The maximum atomic E-state index is 13.5. The molecule has 0 spiro atoms. The summed E-state index contributed by atoms with van der Waals surface area (Å²) >= 11 is 0. The van der Waals surface area contributed by atoms with Crippen LogP contribution in [0.2, 0.25) is 0 Å². The monoisotopic (exact) mass is 797 g/mol. The van der Waals surface area contributed by atoms with Gasteiger partial charge >= 0.3 is 17.9 Å². The lowest BCUT2D eigenvalue weighted by Gasteiger charge is -2.25. The minimum absolute atomic E-state index is 0.00313. The van der Waals surface area contributed by atoms with Gasteiger partial charge in [-0.05, 0) is 93.9 Å². The van der Waals surface area contributed by atoms with Crippen LogP contribution in [-0.2, 0) is 38.2 Å². The molecule has 0 heterocycles. The fraction of sp³-hybridized carbons (Fsp3) is 0.682. The van der Waals surface area contributed by atoms with Gasteiger partial charge in [0.2, 0.25) is 17.7 Å². The first-order valence-electron chi connectivity index (χ1n) is 21.3. The van der Waals surface area contributed by atoms with Crippen molar-refractivity contribution < 1.29 is 47.7 Å². The Bertz CT molecular complexity index is 1470. The summed E-state index contributed by atoms with van der Waals surface area (Å²) in [7, 11) is 1.47. The van der Waals surface area contributed by atoms with Crippen LogP contribution in [-0.4, -0.2) is 73.6 Å². The summed E-state index contributed by atoms with van der Waals surface area (Å²) in [6.07, 6.45) is 20.2. The zero-order chi connectivity index (χ0) is 41.4. The molecule has 2 saturated carbocycles. The molecule has 3 N–H and O–H groups in total. The number of rotatable bonds is 26. The van der Waals surface area contributed by atoms with Crippen molar-refractivity contribution in [2.45, 2.75) is 173 Å². The summed E-state index contributed by atoms with van der Waals surface area (Å²) in [6.45, 7) is 5.30. The molecule has 2 fully saturated rings. The number of ether oxygens (including phenoxy) is 4. The fourth-order valence-corrected chi connectivity index (χ4v) is 7.06. The van der Waals surface area contributed by atoms with Crippen LogP contribution in [0.3, 0.4) is 0 Å². The number of unbranched alkanes of at least 4 members (excludes halogenated alkanes) is 8. The number of amides is 3. The van der Waals surface area contributed by atoms with Gasteiger partial charge in [0.05, 0.1) is 13.7 Å². The van der Waals surface area contributed by atoms with Gasteiger partial charge in [-0.2, -0.15) is 0 Å². The fourth-order valence-electron chi connectivity index (χ4n) is 7.06. The Hall–Kier alpha value is -4.42. The van der Waals surface area contributed by atoms with Gasteiger partial charge in [0.25, 0.3) is 0 Å². The number of methoxy groups -OCH3 is 1. The van der Waals surface area contributed by atoms with Gasteiger partial charge in [0.15, 0.2) is 11.5 Å². The Labute approximate surface area is 339 Å². The van der Waals surface area contributed by atoms with Crippen molar-refractivity contribution in [3.63, 3.8) is 0 Å². The van der Waals surface area contributed by atoms with Crippen molar-refractivity contribution in [3.05, 3.63) is 29.8 Å². The molecule has 0 unspecified atom stereocenters. The Morgan fingerprint density at radius 2 is 1.37 bits per heavy atom. The highest BCUT2D eigenvalue weighted by Gasteiger charge is 2.32. The van der Waals surface area contributed by atoms with E-state index in [0.717, 1.165) is 70.6 Å². The highest BCUT2D eigenvalue weighted by molar-refractivity contribution is 5.96. The van der Waals surface area contributed by atoms with Crippen LogP contribution in [0, 0.1) is 5.92 Å². The summed E-state index contributed by atoms with van der Waals surface area (Å²) in [6, 6.07) is 2.81. The summed E-state index contributed by atoms with van der Waals surface area (Å²) < 4.78 is 22.2. The standard InChI is InChI=1S/C44H67N3O10/c1-5-6-7-8-9-10-11-12-13-22-40(50)57-36-26-23-32(29-37(36)54-4)24-27-38(48)45-30-39(49)47-42(31(2)3)43(52)46-35(44(53)56-34-20-16-17-21-34)25-28-41(51)55-33-18-14-15-19-33/h23-24,26-27,29,31,33-35,42H,5-22,25,28,30H2,1-4H3,(H,45,48)(H,46,52)(H,47,49)/b27-24+/t35-,42+/m1/s1. The molecule has 0 saturated heterocycles. The second kappa shape index (κ2) is 26.5. The first-order valence-corrected chi connectivity index (χ1v) is 21.3. The molecule has 2 atom stereocenters. The van der Waals surface area contributed by atoms with Crippen molar-refractivity contribution in [1.82, 2.24) is 16.0 Å². The molecule has 57 heavy (non-hydrogen) atoms. The number of nitrogens with one attached hydrogen (secondary N) is 3. The molecular weight excluding hydrogens is 730 g/mol. The third-order valence-corrected chi connectivity index (χ3v) is 10.4. The number of carbonyl (C=O) groups excluding carboxylic acids is 6. The van der Waals surface area contributed by atoms with Crippen molar-refractivity contribution in [1.29, 1.82) is 0 Å². The summed E-state index contributed by atoms with van der Waals surface area (Å²) in [5, 5.41) is 7.87. The maximum Gasteiger partial charge on any atom is 0.328 e. The topological polar surface area (TPSA) is 175 Å². The average Bonchev–Trinajstić information content (AvgIpc) is 3.91. The quantitative estimate of drug-likeness (QED) is 0.0382. The molecule has 13 nitrogen and oxygen atoms in total. The first kappa shape index (κ1) is 47.0. The van der Waals surface area contributed by atoms with Gasteiger partial charge in [-0.25, -0.2) is 4.79 Å². The predicted octanol–water partition coefficient (Wildman–Crippen LogP) is 7.03. The van der Waals surface area contributed by atoms with Crippen molar-refractivity contribution in [2.75, 3.05) is 13.7 Å². The zero-order valence-electron chi connectivity index (χ0n) is 34.7. The van der Waals surface area contributed by atoms with E-state index in [1.54, 1.807) is 32.0 Å². The van der Waals surface area contributed by atoms with Crippen molar-refractivity contribution in [3.8, 4) is 11.5 Å². The third kappa shape index (κ3) is 18.6. The molecule has 1 aromatic rings. The minimum Gasteiger partial charge on any atom is -0.493 e. The Balaban J connectivity index is 1.46. The van der Waals surface area contributed by atoms with Crippen molar-refractivity contribution in [2.24, 2.45) is 5.92 Å². The zero-order valence-corrected chi connectivity index (χ0v) is 34.7. The first-order chi connectivity index (χ1) is 27.5. The summed E-state index contributed by atoms with van der Waals surface area (Å²) in [5.74, 6) is -2.86. The summed E-state index contributed by atoms with van der Waals surface area (Å²) in [5.41, 5.74) is 0.606. The van der Waals surface area contributed by atoms with Gasteiger partial charge in [0.1, 0.15) is 24.3 Å². The number of carbonyl (C=O) groups is 6. The van der Waals surface area contributed by atoms with Gasteiger partial charge < -0.3 is 34.9 Å². The van der Waals surface area contributed by atoms with Crippen LogP contribution in [0.4, 0.5) is 0 Å². The van der Waals surface area contributed by atoms with Crippen LogP contribution < -0.4 is 25.4 Å². The molecule has 2 aliphatic carbocycles. The molecule has 318 valence electrons. The van der Waals surface area contributed by atoms with Crippen LogP contribution in [0.15, 0.2) is 24.3 Å². The number of esters is 3. The number of benzene rings is 1. The molecule has 2 aliphatic rings. The molecule has 0 aliphatic heterocycles. The second-order valence-corrected chi connectivity index (χ2v) is 15.6. The Morgan fingerprint density at radius 3 is 1.98 bits per heavy atom. The Morgan fingerprint density at radius 1 is 0.754 bits per heavy atom. The SMILES string of the molecule is CCCCCCCCCCCC(=O)Oc1ccc(/C=C/C(=O)NCC(=O)N[C@H](C(=O)N[C@H](CCC(=O)OC2CCCC2)C(=O)OC2CCCC2)C(C)C)cc1OC. The van der Waals surface area contributed by atoms with E-state index in [2.05, 4.69) is 22.9 Å². The van der Waals surface area contributed by atoms with Gasteiger partial charge in [-0.1, -0.05) is 78.2 Å². The molecular formula is C44H67N3O10. The molecule has 3 amide bonds. The normalized spacial score (nSPS) is 15.6. The molecule has 1 aromatic carbocycles. The smallest absolute Gasteiger partial charge is 0.328 e. The molecule has 0 aromatic heterocycles. The van der Waals surface area contributed by atoms with Crippen LogP contribution in [0.1, 0.15) is 155 Å². The van der Waals surface area contributed by atoms with E-state index in [1.165, 1.54) is 57.8 Å². The predicted molar refractivity (Wildman–Crippen MR) is 217 cm³/mol. The third-order valence-electron chi connectivity index (χ3n) is 10.4.